The van der Waals surface area contributed by atoms with Crippen LogP contribution < -0.4 is 14.8 Å². The number of nitrogens with one attached hydrogen (secondary N) is 1. The summed E-state index contributed by atoms with van der Waals surface area (Å²) in [5.41, 5.74) is 0.388. The summed E-state index contributed by atoms with van der Waals surface area (Å²) in [6.45, 7) is 1.21. The molecule has 3 aromatic rings. The largest absolute Gasteiger partial charge is 0.493 e. The highest BCUT2D eigenvalue weighted by Crippen LogP contribution is 2.32. The highest BCUT2D eigenvalue weighted by atomic mass is 32.2. The Kier molecular flexibility index (Phi) is 6.65. The van der Waals surface area contributed by atoms with Crippen molar-refractivity contribution in [3.8, 4) is 11.5 Å². The van der Waals surface area contributed by atoms with Crippen LogP contribution in [0.3, 0.4) is 0 Å². The van der Waals surface area contributed by atoms with Crippen molar-refractivity contribution in [1.82, 2.24) is 5.32 Å². The van der Waals surface area contributed by atoms with Crippen LogP contribution >= 0.6 is 0 Å². The van der Waals surface area contributed by atoms with Crippen LogP contribution in [0.25, 0.3) is 0 Å². The average molecular weight is 447 g/mol. The second-order valence-electron chi connectivity index (χ2n) is 6.71. The van der Waals surface area contributed by atoms with Gasteiger partial charge in [0.1, 0.15) is 16.8 Å². The number of furan rings is 1. The van der Waals surface area contributed by atoms with E-state index in [9.17, 15) is 17.6 Å². The number of hydrogen-bond acceptors (Lipinski definition) is 6. The Balaban J connectivity index is 1.92. The zero-order chi connectivity index (χ0) is 22.6. The molecular weight excluding hydrogens is 425 g/mol. The van der Waals surface area contributed by atoms with Crippen LogP contribution in [0.2, 0.25) is 0 Å². The number of halogens is 1. The van der Waals surface area contributed by atoms with Crippen LogP contribution in [-0.4, -0.2) is 35.1 Å². The van der Waals surface area contributed by atoms with E-state index in [1.54, 1.807) is 18.2 Å². The van der Waals surface area contributed by atoms with Crippen LogP contribution in [0.15, 0.2) is 64.1 Å². The van der Waals surface area contributed by atoms with Gasteiger partial charge in [0, 0.05) is 6.54 Å². The molecule has 3 rings (SSSR count). The molecule has 1 atom stereocenters. The monoisotopic (exact) mass is 447 g/mol. The number of carbonyl (C=O) groups excluding carboxylic acids is 1. The Bertz CT molecular complexity index is 1170. The van der Waals surface area contributed by atoms with Crippen LogP contribution in [-0.2, 0) is 9.84 Å². The summed E-state index contributed by atoms with van der Waals surface area (Å²) in [6, 6.07) is 11.4. The maximum atomic E-state index is 13.6. The molecule has 0 fully saturated rings. The molecule has 0 aliphatic heterocycles. The fourth-order valence-corrected chi connectivity index (χ4v) is 4.81. The zero-order valence-corrected chi connectivity index (χ0v) is 18.0. The molecular formula is C22H22FNO6S. The van der Waals surface area contributed by atoms with E-state index in [-0.39, 0.29) is 34.1 Å². The summed E-state index contributed by atoms with van der Waals surface area (Å²) in [4.78, 5) is 12.7. The Morgan fingerprint density at radius 1 is 1.13 bits per heavy atom. The predicted octanol–water partition coefficient (Wildman–Crippen LogP) is 3.69. The number of sulfone groups is 1. The molecule has 0 saturated heterocycles. The minimum atomic E-state index is -4.00. The number of methoxy groups -OCH3 is 2. The van der Waals surface area contributed by atoms with Crippen molar-refractivity contribution in [2.45, 2.75) is 17.1 Å². The summed E-state index contributed by atoms with van der Waals surface area (Å²) in [5, 5.41) is 1.41. The van der Waals surface area contributed by atoms with E-state index in [4.69, 9.17) is 13.9 Å². The lowest BCUT2D eigenvalue weighted by molar-refractivity contribution is 0.0949. The van der Waals surface area contributed by atoms with Gasteiger partial charge in [-0.05, 0) is 55.0 Å². The molecule has 1 unspecified atom stereocenters. The van der Waals surface area contributed by atoms with Gasteiger partial charge in [0.15, 0.2) is 21.3 Å². The third kappa shape index (κ3) is 4.56. The first kappa shape index (κ1) is 22.4. The number of para-hydroxylation sites is 1. The molecule has 0 aliphatic rings. The molecule has 1 amide bonds. The maximum Gasteiger partial charge on any atom is 0.255 e. The SMILES string of the molecule is COc1cccc(C(=O)NCC(c2ccco2)S(=O)(=O)c2ccc(F)c(C)c2)c1OC. The summed E-state index contributed by atoms with van der Waals surface area (Å²) < 4.78 is 56.0. The number of aryl methyl sites for hydroxylation is 1. The van der Waals surface area contributed by atoms with Crippen molar-refractivity contribution >= 4 is 15.7 Å². The van der Waals surface area contributed by atoms with Crippen molar-refractivity contribution in [2.75, 3.05) is 20.8 Å². The Morgan fingerprint density at radius 3 is 2.52 bits per heavy atom. The van der Waals surface area contributed by atoms with Gasteiger partial charge >= 0.3 is 0 Å². The molecule has 1 N–H and O–H groups in total. The minimum Gasteiger partial charge on any atom is -0.493 e. The molecule has 0 bridgehead atoms. The molecule has 1 heterocycles. The van der Waals surface area contributed by atoms with Gasteiger partial charge < -0.3 is 19.2 Å². The number of ether oxygens (including phenoxy) is 2. The Morgan fingerprint density at radius 2 is 1.90 bits per heavy atom. The van der Waals surface area contributed by atoms with Gasteiger partial charge in [0.05, 0.1) is 30.9 Å². The molecule has 0 aliphatic carbocycles. The van der Waals surface area contributed by atoms with Crippen LogP contribution in [0, 0.1) is 12.7 Å². The van der Waals surface area contributed by atoms with E-state index in [2.05, 4.69) is 5.32 Å². The topological polar surface area (TPSA) is 94.8 Å². The summed E-state index contributed by atoms with van der Waals surface area (Å²) in [7, 11) is -1.15. The van der Waals surface area contributed by atoms with E-state index in [0.29, 0.717) is 5.75 Å². The minimum absolute atomic E-state index is 0.0685. The van der Waals surface area contributed by atoms with Crippen LogP contribution in [0.4, 0.5) is 4.39 Å². The summed E-state index contributed by atoms with van der Waals surface area (Å²) in [6.07, 6.45) is 1.35. The highest BCUT2D eigenvalue weighted by molar-refractivity contribution is 7.91. The van der Waals surface area contributed by atoms with E-state index in [1.165, 1.54) is 51.7 Å². The second kappa shape index (κ2) is 9.22. The zero-order valence-electron chi connectivity index (χ0n) is 17.2. The molecule has 9 heteroatoms. The second-order valence-corrected chi connectivity index (χ2v) is 8.84. The first-order valence-electron chi connectivity index (χ1n) is 9.32. The number of hydrogen-bond donors (Lipinski definition) is 1. The van der Waals surface area contributed by atoms with E-state index in [1.807, 2.05) is 0 Å². The van der Waals surface area contributed by atoms with Gasteiger partial charge in [-0.15, -0.1) is 0 Å². The van der Waals surface area contributed by atoms with E-state index < -0.39 is 26.8 Å². The fraction of sp³-hybridized carbons (Fsp3) is 0.227. The van der Waals surface area contributed by atoms with Crippen molar-refractivity contribution in [3.63, 3.8) is 0 Å². The summed E-state index contributed by atoms with van der Waals surface area (Å²) >= 11 is 0. The van der Waals surface area contributed by atoms with Crippen molar-refractivity contribution in [2.24, 2.45) is 0 Å². The lowest BCUT2D eigenvalue weighted by Crippen LogP contribution is -2.32. The first-order valence-corrected chi connectivity index (χ1v) is 10.9. The molecule has 7 nitrogen and oxygen atoms in total. The van der Waals surface area contributed by atoms with Gasteiger partial charge in [-0.3, -0.25) is 4.79 Å². The van der Waals surface area contributed by atoms with Crippen molar-refractivity contribution in [1.29, 1.82) is 0 Å². The lowest BCUT2D eigenvalue weighted by Gasteiger charge is -2.18. The van der Waals surface area contributed by atoms with Gasteiger partial charge in [0.25, 0.3) is 5.91 Å². The summed E-state index contributed by atoms with van der Waals surface area (Å²) in [5.74, 6) is -0.300. The van der Waals surface area contributed by atoms with Gasteiger partial charge in [-0.25, -0.2) is 12.8 Å². The molecule has 31 heavy (non-hydrogen) atoms. The standard InChI is InChI=1S/C22H22FNO6S/c1-14-12-15(9-10-17(14)23)31(26,27)20(18-8-5-11-30-18)13-24-22(25)16-6-4-7-19(28-2)21(16)29-3/h4-12,20H,13H2,1-3H3,(H,24,25). The third-order valence-corrected chi connectivity index (χ3v) is 6.85. The smallest absolute Gasteiger partial charge is 0.255 e. The van der Waals surface area contributed by atoms with Gasteiger partial charge in [-0.2, -0.15) is 0 Å². The molecule has 0 saturated carbocycles. The van der Waals surface area contributed by atoms with Crippen molar-refractivity contribution in [3.05, 3.63) is 77.5 Å². The first-order chi connectivity index (χ1) is 14.8. The van der Waals surface area contributed by atoms with E-state index >= 15 is 0 Å². The number of amides is 1. The molecule has 0 radical (unpaired) electrons. The van der Waals surface area contributed by atoms with Gasteiger partial charge in [0.2, 0.25) is 0 Å². The van der Waals surface area contributed by atoms with Gasteiger partial charge in [-0.1, -0.05) is 6.07 Å². The quantitative estimate of drug-likeness (QED) is 0.529. The number of rotatable bonds is 8. The average Bonchev–Trinajstić information content (AvgIpc) is 3.29. The highest BCUT2D eigenvalue weighted by Gasteiger charge is 2.32. The normalized spacial score (nSPS) is 12.3. The number of carbonyl (C=O) groups is 1. The van der Waals surface area contributed by atoms with Crippen LogP contribution in [0.1, 0.15) is 26.9 Å². The van der Waals surface area contributed by atoms with E-state index in [0.717, 1.165) is 6.07 Å². The fourth-order valence-electron chi connectivity index (χ4n) is 3.14. The maximum absolute atomic E-state index is 13.6. The van der Waals surface area contributed by atoms with Crippen molar-refractivity contribution < 1.29 is 31.5 Å². The number of benzene rings is 2. The lowest BCUT2D eigenvalue weighted by atomic mass is 10.1. The predicted molar refractivity (Wildman–Crippen MR) is 112 cm³/mol. The Hall–Kier alpha value is -3.33. The third-order valence-electron chi connectivity index (χ3n) is 4.79. The molecule has 164 valence electrons. The molecule has 2 aromatic carbocycles. The Labute approximate surface area is 179 Å². The van der Waals surface area contributed by atoms with Crippen LogP contribution in [0.5, 0.6) is 11.5 Å². The molecule has 0 spiro atoms. The molecule has 1 aromatic heterocycles.